The van der Waals surface area contributed by atoms with Gasteiger partial charge in [0, 0.05) is 69.7 Å². The van der Waals surface area contributed by atoms with Crippen molar-refractivity contribution in [3.05, 3.63) is 51.7 Å². The van der Waals surface area contributed by atoms with Gasteiger partial charge in [0.2, 0.25) is 0 Å². The van der Waals surface area contributed by atoms with E-state index in [1.807, 2.05) is 46.6 Å². The van der Waals surface area contributed by atoms with Gasteiger partial charge in [-0.05, 0) is 44.4 Å². The molecule has 2 aromatic heterocycles. The topological polar surface area (TPSA) is 75.4 Å². The average Bonchev–Trinajstić information content (AvgIpc) is 3.14. The molecule has 4 rings (SSSR count). The lowest BCUT2D eigenvalue weighted by atomic mass is 9.83. The number of hydrogen-bond acceptors (Lipinski definition) is 4. The molecule has 2 amide bonds. The smallest absolute Gasteiger partial charge is 0.317 e. The van der Waals surface area contributed by atoms with Crippen LogP contribution in [0.15, 0.2) is 29.3 Å². The second kappa shape index (κ2) is 8.63. The third kappa shape index (κ3) is 4.28. The Morgan fingerprint density at radius 1 is 1.30 bits per heavy atom. The number of pyridine rings is 1. The van der Waals surface area contributed by atoms with Crippen molar-refractivity contribution in [1.29, 1.82) is 0 Å². The first kappa shape index (κ1) is 20.7. The fraction of sp³-hybridized carbons (Fsp3) is 0.591. The minimum atomic E-state index is 0.00913. The number of piperidine rings is 1. The maximum absolute atomic E-state index is 13.2. The van der Waals surface area contributed by atoms with E-state index in [1.54, 1.807) is 0 Å². The van der Waals surface area contributed by atoms with Crippen molar-refractivity contribution in [3.63, 3.8) is 0 Å². The predicted molar refractivity (Wildman–Crippen MR) is 115 cm³/mol. The summed E-state index contributed by atoms with van der Waals surface area (Å²) in [5.74, 6) is 0.584. The largest absolute Gasteiger partial charge is 0.338 e. The Hall–Kier alpha value is -2.61. The summed E-state index contributed by atoms with van der Waals surface area (Å²) in [5, 5.41) is 7.11. The minimum absolute atomic E-state index is 0.00913. The van der Waals surface area contributed by atoms with E-state index in [4.69, 9.17) is 0 Å². The summed E-state index contributed by atoms with van der Waals surface area (Å²) in [7, 11) is 3.98. The zero-order valence-corrected chi connectivity index (χ0v) is 18.2. The Labute approximate surface area is 177 Å². The second-order valence-corrected chi connectivity index (χ2v) is 8.75. The SMILES string of the molecule is CCNC(=O)N1C[C@@H]2C[C@H](C1)c1ccc(CN(C)CCc3cnn(C)c3)c(=O)n1C2. The van der Waals surface area contributed by atoms with Crippen molar-refractivity contribution >= 4 is 6.03 Å². The Morgan fingerprint density at radius 3 is 2.87 bits per heavy atom. The molecule has 8 nitrogen and oxygen atoms in total. The number of rotatable bonds is 6. The number of likely N-dealkylation sites (N-methyl/N-ethyl adjacent to an activating group) is 1. The highest BCUT2D eigenvalue weighted by Crippen LogP contribution is 2.35. The first-order valence-corrected chi connectivity index (χ1v) is 10.9. The summed E-state index contributed by atoms with van der Waals surface area (Å²) < 4.78 is 3.78. The van der Waals surface area contributed by atoms with Gasteiger partial charge in [-0.3, -0.25) is 9.48 Å². The third-order valence-corrected chi connectivity index (χ3v) is 6.28. The highest BCUT2D eigenvalue weighted by atomic mass is 16.2. The van der Waals surface area contributed by atoms with E-state index in [-0.39, 0.29) is 17.5 Å². The van der Waals surface area contributed by atoms with E-state index in [0.29, 0.717) is 32.1 Å². The first-order chi connectivity index (χ1) is 14.4. The predicted octanol–water partition coefficient (Wildman–Crippen LogP) is 1.40. The molecule has 0 aromatic carbocycles. The van der Waals surface area contributed by atoms with Gasteiger partial charge in [0.1, 0.15) is 0 Å². The number of aromatic nitrogens is 3. The molecular weight excluding hydrogens is 380 g/mol. The van der Waals surface area contributed by atoms with Crippen LogP contribution in [0, 0.1) is 5.92 Å². The molecule has 2 bridgehead atoms. The van der Waals surface area contributed by atoms with Gasteiger partial charge in [-0.1, -0.05) is 6.07 Å². The van der Waals surface area contributed by atoms with Gasteiger partial charge in [0.15, 0.2) is 0 Å². The molecule has 2 aliphatic heterocycles. The van der Waals surface area contributed by atoms with Crippen LogP contribution < -0.4 is 10.9 Å². The van der Waals surface area contributed by atoms with E-state index in [0.717, 1.165) is 37.2 Å². The monoisotopic (exact) mass is 412 g/mol. The standard InChI is InChI=1S/C22H32N6O2/c1-4-23-22(30)27-12-17-9-19(15-27)20-6-5-18(21(29)28(20)13-17)14-25(2)8-7-16-10-24-26(3)11-16/h5-6,10-11,17,19H,4,7-9,12-15H2,1-3H3,(H,23,30)/t17-,19+/m0/s1. The molecule has 30 heavy (non-hydrogen) atoms. The molecule has 1 saturated heterocycles. The molecule has 1 N–H and O–H groups in total. The van der Waals surface area contributed by atoms with Gasteiger partial charge in [0.05, 0.1) is 6.20 Å². The number of hydrogen-bond donors (Lipinski definition) is 1. The maximum Gasteiger partial charge on any atom is 0.317 e. The van der Waals surface area contributed by atoms with Gasteiger partial charge in [0.25, 0.3) is 5.56 Å². The van der Waals surface area contributed by atoms with Crippen LogP contribution in [0.3, 0.4) is 0 Å². The minimum Gasteiger partial charge on any atom is -0.338 e. The summed E-state index contributed by atoms with van der Waals surface area (Å²) in [6.45, 7) is 6.20. The second-order valence-electron chi connectivity index (χ2n) is 8.75. The van der Waals surface area contributed by atoms with Crippen LogP contribution in [0.4, 0.5) is 4.79 Å². The zero-order chi connectivity index (χ0) is 21.3. The van der Waals surface area contributed by atoms with E-state index in [2.05, 4.69) is 28.4 Å². The van der Waals surface area contributed by atoms with Crippen LogP contribution in [0.1, 0.15) is 36.1 Å². The number of nitrogens with zero attached hydrogens (tertiary/aromatic N) is 5. The molecular formula is C22H32N6O2. The summed E-state index contributed by atoms with van der Waals surface area (Å²) >= 11 is 0. The normalized spacial score (nSPS) is 20.3. The van der Waals surface area contributed by atoms with Crippen LogP contribution in [0.25, 0.3) is 0 Å². The van der Waals surface area contributed by atoms with E-state index in [9.17, 15) is 9.59 Å². The van der Waals surface area contributed by atoms with Crippen molar-refractivity contribution in [2.75, 3.05) is 33.2 Å². The van der Waals surface area contributed by atoms with Gasteiger partial charge in [-0.2, -0.15) is 5.10 Å². The van der Waals surface area contributed by atoms with Gasteiger partial charge >= 0.3 is 6.03 Å². The number of likely N-dealkylation sites (tertiary alicyclic amines) is 1. The van der Waals surface area contributed by atoms with E-state index >= 15 is 0 Å². The molecule has 1 fully saturated rings. The maximum atomic E-state index is 13.2. The number of nitrogens with one attached hydrogen (secondary N) is 1. The summed E-state index contributed by atoms with van der Waals surface area (Å²) in [4.78, 5) is 29.6. The lowest BCUT2D eigenvalue weighted by Crippen LogP contribution is -2.52. The van der Waals surface area contributed by atoms with Crippen molar-refractivity contribution in [2.45, 2.75) is 38.8 Å². The van der Waals surface area contributed by atoms with Crippen molar-refractivity contribution in [2.24, 2.45) is 13.0 Å². The molecule has 0 spiro atoms. The van der Waals surface area contributed by atoms with Crippen molar-refractivity contribution < 1.29 is 4.79 Å². The highest BCUT2D eigenvalue weighted by molar-refractivity contribution is 5.74. The zero-order valence-electron chi connectivity index (χ0n) is 18.2. The fourth-order valence-corrected chi connectivity index (χ4v) is 4.83. The molecule has 2 atom stereocenters. The fourth-order valence-electron chi connectivity index (χ4n) is 4.83. The Kier molecular flexibility index (Phi) is 5.94. The summed E-state index contributed by atoms with van der Waals surface area (Å²) in [6, 6.07) is 4.10. The molecule has 2 aromatic rings. The van der Waals surface area contributed by atoms with Crippen LogP contribution in [0.5, 0.6) is 0 Å². The lowest BCUT2D eigenvalue weighted by Gasteiger charge is -2.42. The number of carbonyl (C=O) groups excluding carboxylic acids is 1. The molecule has 4 heterocycles. The molecule has 8 heteroatoms. The molecule has 0 aliphatic carbocycles. The van der Waals surface area contributed by atoms with E-state index < -0.39 is 0 Å². The Balaban J connectivity index is 1.44. The van der Waals surface area contributed by atoms with Crippen LogP contribution >= 0.6 is 0 Å². The van der Waals surface area contributed by atoms with Gasteiger partial charge in [-0.15, -0.1) is 0 Å². The molecule has 0 radical (unpaired) electrons. The molecule has 0 unspecified atom stereocenters. The van der Waals surface area contributed by atoms with Crippen LogP contribution in [-0.4, -0.2) is 63.4 Å². The number of fused-ring (bicyclic) bond motifs is 4. The number of aryl methyl sites for hydroxylation is 1. The summed E-state index contributed by atoms with van der Waals surface area (Å²) in [5.41, 5.74) is 3.25. The van der Waals surface area contributed by atoms with Crippen molar-refractivity contribution in [1.82, 2.24) is 29.5 Å². The van der Waals surface area contributed by atoms with Gasteiger partial charge < -0.3 is 19.7 Å². The molecule has 162 valence electrons. The first-order valence-electron chi connectivity index (χ1n) is 10.9. The van der Waals surface area contributed by atoms with Crippen molar-refractivity contribution in [3.8, 4) is 0 Å². The highest BCUT2D eigenvalue weighted by Gasteiger charge is 2.36. The quantitative estimate of drug-likeness (QED) is 0.778. The summed E-state index contributed by atoms with van der Waals surface area (Å²) in [6.07, 6.45) is 5.89. The molecule has 0 saturated carbocycles. The van der Waals surface area contributed by atoms with Crippen LogP contribution in [0.2, 0.25) is 0 Å². The number of urea groups is 1. The van der Waals surface area contributed by atoms with E-state index in [1.165, 1.54) is 5.56 Å². The van der Waals surface area contributed by atoms with Gasteiger partial charge in [-0.25, -0.2) is 4.79 Å². The number of amides is 2. The van der Waals surface area contributed by atoms with Crippen LogP contribution in [-0.2, 0) is 26.6 Å². The average molecular weight is 413 g/mol. The number of carbonyl (C=O) groups is 1. The Morgan fingerprint density at radius 2 is 2.13 bits per heavy atom. The Bertz CT molecular complexity index is 965. The lowest BCUT2D eigenvalue weighted by molar-refractivity contribution is 0.131. The molecule has 2 aliphatic rings. The third-order valence-electron chi connectivity index (χ3n) is 6.28.